The van der Waals surface area contributed by atoms with Crippen molar-refractivity contribution < 1.29 is 4.79 Å². The van der Waals surface area contributed by atoms with Crippen LogP contribution in [0.2, 0.25) is 0 Å². The molecule has 90 valence electrons. The number of carbonyl (C=O) groups excluding carboxylic acids is 1. The number of aromatic amines is 1. The summed E-state index contributed by atoms with van der Waals surface area (Å²) in [4.78, 5) is 14.4. The van der Waals surface area contributed by atoms with Gasteiger partial charge in [-0.2, -0.15) is 0 Å². The maximum atomic E-state index is 11.4. The zero-order valence-corrected chi connectivity index (χ0v) is 11.1. The van der Waals surface area contributed by atoms with Crippen LogP contribution in [0.4, 0.5) is 0 Å². The average molecular weight is 222 g/mol. The molecule has 0 bridgehead atoms. The van der Waals surface area contributed by atoms with Crippen molar-refractivity contribution >= 4 is 5.91 Å². The molecule has 1 rings (SSSR count). The molecule has 0 saturated heterocycles. The van der Waals surface area contributed by atoms with E-state index in [1.54, 1.807) is 0 Å². The van der Waals surface area contributed by atoms with Gasteiger partial charge in [-0.25, -0.2) is 0 Å². The van der Waals surface area contributed by atoms with Gasteiger partial charge < -0.3 is 10.7 Å². The lowest BCUT2D eigenvalue weighted by atomic mass is 9.76. The number of hydrogen-bond donors (Lipinski definition) is 2. The Balaban J connectivity index is 3.50. The SMILES string of the molecule is CC(C)(C)c1c[nH]c(C(N)=O)c1C(C)(C)C. The Morgan fingerprint density at radius 1 is 1.12 bits per heavy atom. The van der Waals surface area contributed by atoms with E-state index in [2.05, 4.69) is 46.5 Å². The van der Waals surface area contributed by atoms with Crippen molar-refractivity contribution in [3.05, 3.63) is 23.0 Å². The quantitative estimate of drug-likeness (QED) is 0.754. The monoisotopic (exact) mass is 222 g/mol. The van der Waals surface area contributed by atoms with E-state index in [-0.39, 0.29) is 16.7 Å². The summed E-state index contributed by atoms with van der Waals surface area (Å²) >= 11 is 0. The van der Waals surface area contributed by atoms with Crippen LogP contribution in [0.1, 0.15) is 63.2 Å². The van der Waals surface area contributed by atoms with Crippen LogP contribution in [-0.4, -0.2) is 10.9 Å². The van der Waals surface area contributed by atoms with E-state index in [9.17, 15) is 4.79 Å². The molecule has 3 nitrogen and oxygen atoms in total. The Labute approximate surface area is 97.4 Å². The van der Waals surface area contributed by atoms with E-state index in [4.69, 9.17) is 5.73 Å². The summed E-state index contributed by atoms with van der Waals surface area (Å²) in [5.41, 5.74) is 8.05. The topological polar surface area (TPSA) is 58.9 Å². The number of nitrogens with one attached hydrogen (secondary N) is 1. The molecule has 0 aliphatic heterocycles. The Morgan fingerprint density at radius 3 is 1.94 bits per heavy atom. The molecule has 0 radical (unpaired) electrons. The molecule has 0 aliphatic carbocycles. The van der Waals surface area contributed by atoms with Gasteiger partial charge in [-0.1, -0.05) is 41.5 Å². The second-order valence-corrected chi connectivity index (χ2v) is 6.32. The standard InChI is InChI=1S/C13H22N2O/c1-12(2,3)8-7-15-10(11(14)16)9(8)13(4,5)6/h7,15H,1-6H3,(H2,14,16). The van der Waals surface area contributed by atoms with Crippen molar-refractivity contribution in [3.63, 3.8) is 0 Å². The second kappa shape index (κ2) is 3.65. The summed E-state index contributed by atoms with van der Waals surface area (Å²) in [5, 5.41) is 0. The largest absolute Gasteiger partial charge is 0.364 e. The molecule has 3 heteroatoms. The van der Waals surface area contributed by atoms with Gasteiger partial charge in [-0.3, -0.25) is 4.79 Å². The zero-order valence-electron chi connectivity index (χ0n) is 11.1. The molecule has 0 spiro atoms. The molecule has 0 saturated carbocycles. The van der Waals surface area contributed by atoms with Gasteiger partial charge in [0.15, 0.2) is 0 Å². The van der Waals surface area contributed by atoms with E-state index >= 15 is 0 Å². The fraction of sp³-hybridized carbons (Fsp3) is 0.615. The van der Waals surface area contributed by atoms with Crippen molar-refractivity contribution in [2.75, 3.05) is 0 Å². The molecule has 0 aliphatic rings. The summed E-state index contributed by atoms with van der Waals surface area (Å²) < 4.78 is 0. The summed E-state index contributed by atoms with van der Waals surface area (Å²) in [6, 6.07) is 0. The van der Waals surface area contributed by atoms with Crippen LogP contribution in [0, 0.1) is 0 Å². The van der Waals surface area contributed by atoms with E-state index in [0.717, 1.165) is 11.1 Å². The van der Waals surface area contributed by atoms with Gasteiger partial charge in [-0.15, -0.1) is 0 Å². The molecule has 3 N–H and O–H groups in total. The van der Waals surface area contributed by atoms with E-state index in [1.165, 1.54) is 0 Å². The van der Waals surface area contributed by atoms with Gasteiger partial charge in [0, 0.05) is 6.20 Å². The first-order chi connectivity index (χ1) is 7.05. The van der Waals surface area contributed by atoms with Gasteiger partial charge in [0.2, 0.25) is 0 Å². The third kappa shape index (κ3) is 2.29. The highest BCUT2D eigenvalue weighted by molar-refractivity contribution is 5.93. The minimum Gasteiger partial charge on any atom is -0.364 e. The fourth-order valence-electron chi connectivity index (χ4n) is 1.99. The number of H-pyrrole nitrogens is 1. The number of nitrogens with two attached hydrogens (primary N) is 1. The van der Waals surface area contributed by atoms with Crippen LogP contribution >= 0.6 is 0 Å². The van der Waals surface area contributed by atoms with Crippen molar-refractivity contribution in [1.82, 2.24) is 4.98 Å². The Bertz CT molecular complexity index is 403. The second-order valence-electron chi connectivity index (χ2n) is 6.32. The van der Waals surface area contributed by atoms with Crippen LogP contribution in [0.15, 0.2) is 6.20 Å². The average Bonchev–Trinajstić information content (AvgIpc) is 2.43. The van der Waals surface area contributed by atoms with E-state index in [1.807, 2.05) is 6.20 Å². The third-order valence-corrected chi connectivity index (χ3v) is 2.68. The maximum absolute atomic E-state index is 11.4. The highest BCUT2D eigenvalue weighted by atomic mass is 16.1. The predicted octanol–water partition coefficient (Wildman–Crippen LogP) is 2.71. The Kier molecular flexibility index (Phi) is 2.92. The highest BCUT2D eigenvalue weighted by Gasteiger charge is 2.30. The lowest BCUT2D eigenvalue weighted by Crippen LogP contribution is -2.24. The molecule has 0 aromatic carbocycles. The third-order valence-electron chi connectivity index (χ3n) is 2.68. The number of amides is 1. The minimum absolute atomic E-state index is 0.00676. The fourth-order valence-corrected chi connectivity index (χ4v) is 1.99. The summed E-state index contributed by atoms with van der Waals surface area (Å²) in [7, 11) is 0. The van der Waals surface area contributed by atoms with Gasteiger partial charge >= 0.3 is 0 Å². The molecule has 1 aromatic rings. The summed E-state index contributed by atoms with van der Waals surface area (Å²) in [5.74, 6) is -0.388. The van der Waals surface area contributed by atoms with Crippen molar-refractivity contribution in [1.29, 1.82) is 0 Å². The van der Waals surface area contributed by atoms with Crippen molar-refractivity contribution in [2.24, 2.45) is 5.73 Å². The van der Waals surface area contributed by atoms with Crippen LogP contribution in [0.5, 0.6) is 0 Å². The van der Waals surface area contributed by atoms with Crippen LogP contribution in [0.25, 0.3) is 0 Å². The maximum Gasteiger partial charge on any atom is 0.265 e. The van der Waals surface area contributed by atoms with Gasteiger partial charge in [0.25, 0.3) is 5.91 Å². The normalized spacial score (nSPS) is 12.9. The lowest BCUT2D eigenvalue weighted by Gasteiger charge is -2.27. The van der Waals surface area contributed by atoms with Crippen molar-refractivity contribution in [3.8, 4) is 0 Å². The molecule has 16 heavy (non-hydrogen) atoms. The number of hydrogen-bond acceptors (Lipinski definition) is 1. The molecule has 1 aromatic heterocycles. The smallest absolute Gasteiger partial charge is 0.265 e. The molecule has 1 amide bonds. The van der Waals surface area contributed by atoms with E-state index < -0.39 is 0 Å². The molecular formula is C13H22N2O. The number of aromatic nitrogens is 1. The van der Waals surface area contributed by atoms with E-state index in [0.29, 0.717) is 5.69 Å². The van der Waals surface area contributed by atoms with Gasteiger partial charge in [-0.05, 0) is 22.0 Å². The first kappa shape index (κ1) is 12.8. The highest BCUT2D eigenvalue weighted by Crippen LogP contribution is 2.35. The van der Waals surface area contributed by atoms with Crippen LogP contribution in [-0.2, 0) is 10.8 Å². The first-order valence-corrected chi connectivity index (χ1v) is 5.57. The molecule has 0 fully saturated rings. The molecular weight excluding hydrogens is 200 g/mol. The number of primary amides is 1. The number of rotatable bonds is 1. The summed E-state index contributed by atoms with van der Waals surface area (Å²) in [6.45, 7) is 12.7. The molecule has 1 heterocycles. The first-order valence-electron chi connectivity index (χ1n) is 5.57. The minimum atomic E-state index is -0.388. The Morgan fingerprint density at radius 2 is 1.62 bits per heavy atom. The molecule has 0 unspecified atom stereocenters. The van der Waals surface area contributed by atoms with Crippen LogP contribution in [0.3, 0.4) is 0 Å². The molecule has 0 atom stereocenters. The van der Waals surface area contributed by atoms with Crippen LogP contribution < -0.4 is 5.73 Å². The Hall–Kier alpha value is -1.25. The van der Waals surface area contributed by atoms with Gasteiger partial charge in [0.1, 0.15) is 5.69 Å². The number of carbonyl (C=O) groups is 1. The predicted molar refractivity (Wildman–Crippen MR) is 66.7 cm³/mol. The van der Waals surface area contributed by atoms with Gasteiger partial charge in [0.05, 0.1) is 0 Å². The summed E-state index contributed by atoms with van der Waals surface area (Å²) in [6.07, 6.45) is 1.90. The van der Waals surface area contributed by atoms with Crippen molar-refractivity contribution in [2.45, 2.75) is 52.4 Å². The lowest BCUT2D eigenvalue weighted by molar-refractivity contribution is 0.0994. The zero-order chi connectivity index (χ0) is 12.7.